The van der Waals surface area contributed by atoms with Gasteiger partial charge in [-0.3, -0.25) is 0 Å². The van der Waals surface area contributed by atoms with Gasteiger partial charge in [0.05, 0.1) is 17.4 Å². The van der Waals surface area contributed by atoms with Gasteiger partial charge in [0.15, 0.2) is 0 Å². The highest BCUT2D eigenvalue weighted by Gasteiger charge is 2.37. The van der Waals surface area contributed by atoms with Crippen molar-refractivity contribution in [1.82, 2.24) is 15.0 Å². The van der Waals surface area contributed by atoms with Gasteiger partial charge in [-0.1, -0.05) is 26.0 Å². The smallest absolute Gasteiger partial charge is 0.0871 e. The first-order valence-corrected chi connectivity index (χ1v) is 6.76. The molecule has 96 valence electrons. The second-order valence-corrected chi connectivity index (χ2v) is 5.68. The van der Waals surface area contributed by atoms with Crippen LogP contribution < -0.4 is 5.73 Å². The highest BCUT2D eigenvalue weighted by atomic mass is 15.5. The van der Waals surface area contributed by atoms with Gasteiger partial charge in [0.2, 0.25) is 0 Å². The molecule has 1 aliphatic rings. The van der Waals surface area contributed by atoms with E-state index in [0.29, 0.717) is 12.6 Å². The molecule has 4 heteroatoms. The van der Waals surface area contributed by atoms with Crippen LogP contribution in [0.25, 0.3) is 0 Å². The summed E-state index contributed by atoms with van der Waals surface area (Å²) in [5, 5.41) is 8.65. The lowest BCUT2D eigenvalue weighted by molar-refractivity contribution is 0.521. The Bertz CT molecular complexity index is 369. The maximum atomic E-state index is 5.64. The fourth-order valence-corrected chi connectivity index (χ4v) is 2.27. The van der Waals surface area contributed by atoms with Gasteiger partial charge in [-0.05, 0) is 37.6 Å². The Kier molecular flexibility index (Phi) is 3.82. The Labute approximate surface area is 104 Å². The number of nitrogens with zero attached hydrogens (tertiary/aromatic N) is 3. The molecule has 4 nitrogen and oxygen atoms in total. The van der Waals surface area contributed by atoms with Gasteiger partial charge >= 0.3 is 0 Å². The van der Waals surface area contributed by atoms with Gasteiger partial charge in [-0.2, -0.15) is 0 Å². The number of hydrogen-bond donors (Lipinski definition) is 1. The molecule has 1 aliphatic carbocycles. The number of aromatic nitrogens is 3. The molecular weight excluding hydrogens is 212 g/mol. The zero-order chi connectivity index (χ0) is 12.4. The second-order valence-electron chi connectivity index (χ2n) is 5.68. The third kappa shape index (κ3) is 2.86. The van der Waals surface area contributed by atoms with E-state index in [2.05, 4.69) is 35.8 Å². The quantitative estimate of drug-likeness (QED) is 0.821. The Hall–Kier alpha value is -0.900. The van der Waals surface area contributed by atoms with Gasteiger partial charge in [-0.15, -0.1) is 5.10 Å². The minimum atomic E-state index is 0.594. The Balaban J connectivity index is 2.14. The molecule has 0 radical (unpaired) electrons. The van der Waals surface area contributed by atoms with Crippen molar-refractivity contribution < 1.29 is 0 Å². The van der Waals surface area contributed by atoms with Gasteiger partial charge in [0, 0.05) is 6.42 Å². The van der Waals surface area contributed by atoms with Crippen molar-refractivity contribution >= 4 is 0 Å². The molecule has 0 aromatic carbocycles. The van der Waals surface area contributed by atoms with Crippen LogP contribution in [0.2, 0.25) is 0 Å². The zero-order valence-electron chi connectivity index (χ0n) is 11.2. The minimum absolute atomic E-state index is 0.594. The molecule has 0 saturated heterocycles. The maximum absolute atomic E-state index is 5.64. The standard InChI is InChI=1S/C13H24N4/c1-9(2)4-5-12-11(6-7-14)15-16-17(12)13-8-10(13)3/h9-10,13H,4-8,14H2,1-3H3. The zero-order valence-corrected chi connectivity index (χ0v) is 11.2. The monoisotopic (exact) mass is 236 g/mol. The third-order valence-electron chi connectivity index (χ3n) is 3.59. The summed E-state index contributed by atoms with van der Waals surface area (Å²) in [5.74, 6) is 1.49. The number of rotatable bonds is 6. The summed E-state index contributed by atoms with van der Waals surface area (Å²) in [4.78, 5) is 0. The molecule has 0 aliphatic heterocycles. The van der Waals surface area contributed by atoms with Crippen LogP contribution in [0.5, 0.6) is 0 Å². The van der Waals surface area contributed by atoms with Crippen LogP contribution in [0.4, 0.5) is 0 Å². The summed E-state index contributed by atoms with van der Waals surface area (Å²) in [7, 11) is 0. The molecule has 1 aromatic rings. The van der Waals surface area contributed by atoms with Crippen LogP contribution in [-0.4, -0.2) is 21.5 Å². The molecular formula is C13H24N4. The first kappa shape index (κ1) is 12.6. The molecule has 1 saturated carbocycles. The topological polar surface area (TPSA) is 56.7 Å². The maximum Gasteiger partial charge on any atom is 0.0871 e. The van der Waals surface area contributed by atoms with Gasteiger partial charge in [0.1, 0.15) is 0 Å². The molecule has 0 bridgehead atoms. The highest BCUT2D eigenvalue weighted by Crippen LogP contribution is 2.43. The van der Waals surface area contributed by atoms with E-state index in [1.165, 1.54) is 18.5 Å². The molecule has 1 aromatic heterocycles. The summed E-state index contributed by atoms with van der Waals surface area (Å²) in [6.45, 7) is 7.46. The number of nitrogens with two attached hydrogens (primary N) is 1. The largest absolute Gasteiger partial charge is 0.330 e. The first-order chi connectivity index (χ1) is 8.13. The predicted molar refractivity (Wildman–Crippen MR) is 68.8 cm³/mol. The Morgan fingerprint density at radius 3 is 2.65 bits per heavy atom. The van der Waals surface area contributed by atoms with Crippen LogP contribution in [0.1, 0.15) is 51.0 Å². The summed E-state index contributed by atoms with van der Waals surface area (Å²) in [6, 6.07) is 0.594. The minimum Gasteiger partial charge on any atom is -0.330 e. The summed E-state index contributed by atoms with van der Waals surface area (Å²) in [5.41, 5.74) is 8.09. The van der Waals surface area contributed by atoms with E-state index in [9.17, 15) is 0 Å². The van der Waals surface area contributed by atoms with Gasteiger partial charge in [0.25, 0.3) is 0 Å². The van der Waals surface area contributed by atoms with E-state index in [4.69, 9.17) is 5.73 Å². The molecule has 2 N–H and O–H groups in total. The fraction of sp³-hybridized carbons (Fsp3) is 0.846. The van der Waals surface area contributed by atoms with Crippen molar-refractivity contribution in [2.45, 2.75) is 52.5 Å². The van der Waals surface area contributed by atoms with Gasteiger partial charge in [-0.25, -0.2) is 4.68 Å². The predicted octanol–water partition coefficient (Wildman–Crippen LogP) is 1.95. The van der Waals surface area contributed by atoms with Gasteiger partial charge < -0.3 is 5.73 Å². The molecule has 2 unspecified atom stereocenters. The molecule has 1 heterocycles. The van der Waals surface area contributed by atoms with Crippen molar-refractivity contribution in [3.63, 3.8) is 0 Å². The number of hydrogen-bond acceptors (Lipinski definition) is 3. The molecule has 17 heavy (non-hydrogen) atoms. The Morgan fingerprint density at radius 1 is 1.41 bits per heavy atom. The van der Waals surface area contributed by atoms with Crippen molar-refractivity contribution in [2.24, 2.45) is 17.6 Å². The van der Waals surface area contributed by atoms with Crippen molar-refractivity contribution in [1.29, 1.82) is 0 Å². The van der Waals surface area contributed by atoms with E-state index in [1.54, 1.807) is 0 Å². The molecule has 0 amide bonds. The fourth-order valence-electron chi connectivity index (χ4n) is 2.27. The van der Waals surface area contributed by atoms with Crippen LogP contribution in [-0.2, 0) is 12.8 Å². The van der Waals surface area contributed by atoms with E-state index in [-0.39, 0.29) is 0 Å². The van der Waals surface area contributed by atoms with Crippen LogP contribution in [0.3, 0.4) is 0 Å². The lowest BCUT2D eigenvalue weighted by atomic mass is 10.0. The van der Waals surface area contributed by atoms with Crippen molar-refractivity contribution in [3.8, 4) is 0 Å². The highest BCUT2D eigenvalue weighted by molar-refractivity contribution is 5.14. The van der Waals surface area contributed by atoms with Crippen LogP contribution >= 0.6 is 0 Å². The van der Waals surface area contributed by atoms with E-state index >= 15 is 0 Å². The molecule has 2 rings (SSSR count). The normalized spacial score (nSPS) is 23.4. The SMILES string of the molecule is CC(C)CCc1c(CCN)nnn1C1CC1C. The van der Waals surface area contributed by atoms with E-state index in [1.807, 2.05) is 0 Å². The molecule has 0 spiro atoms. The molecule has 2 atom stereocenters. The second kappa shape index (κ2) is 5.17. The average Bonchev–Trinajstić information content (AvgIpc) is 2.86. The van der Waals surface area contributed by atoms with E-state index < -0.39 is 0 Å². The molecule has 1 fully saturated rings. The van der Waals surface area contributed by atoms with Crippen molar-refractivity contribution in [3.05, 3.63) is 11.4 Å². The summed E-state index contributed by atoms with van der Waals surface area (Å²) in [6.07, 6.45) is 4.39. The first-order valence-electron chi connectivity index (χ1n) is 6.76. The van der Waals surface area contributed by atoms with Crippen LogP contribution in [0, 0.1) is 11.8 Å². The lowest BCUT2D eigenvalue weighted by Crippen LogP contribution is -2.09. The summed E-state index contributed by atoms with van der Waals surface area (Å²) < 4.78 is 2.16. The average molecular weight is 236 g/mol. The van der Waals surface area contributed by atoms with E-state index in [0.717, 1.165) is 30.4 Å². The van der Waals surface area contributed by atoms with Crippen molar-refractivity contribution in [2.75, 3.05) is 6.54 Å². The summed E-state index contributed by atoms with van der Waals surface area (Å²) >= 11 is 0. The lowest BCUT2D eigenvalue weighted by Gasteiger charge is -2.09. The third-order valence-corrected chi connectivity index (χ3v) is 3.59. The Morgan fingerprint density at radius 2 is 2.12 bits per heavy atom. The van der Waals surface area contributed by atoms with Crippen LogP contribution in [0.15, 0.2) is 0 Å².